The Hall–Kier alpha value is -2.11. The van der Waals surface area contributed by atoms with Gasteiger partial charge in [-0.05, 0) is 37.3 Å². The molecule has 0 bridgehead atoms. The van der Waals surface area contributed by atoms with E-state index in [2.05, 4.69) is 17.2 Å². The molecule has 2 aliphatic heterocycles. The minimum absolute atomic E-state index is 0.0386. The number of carbonyl (C=O) groups excluding carboxylic acids is 2. The van der Waals surface area contributed by atoms with Crippen LogP contribution in [-0.2, 0) is 11.3 Å². The van der Waals surface area contributed by atoms with Gasteiger partial charge < -0.3 is 15.1 Å². The second-order valence-electron chi connectivity index (χ2n) is 7.37. The van der Waals surface area contributed by atoms with Crippen molar-refractivity contribution >= 4 is 11.9 Å². The van der Waals surface area contributed by atoms with Crippen LogP contribution < -0.4 is 5.32 Å². The number of piperidine rings is 2. The quantitative estimate of drug-likeness (QED) is 0.912. The second-order valence-corrected chi connectivity index (χ2v) is 7.37. The fourth-order valence-corrected chi connectivity index (χ4v) is 4.02. The van der Waals surface area contributed by atoms with E-state index in [9.17, 15) is 9.59 Å². The van der Waals surface area contributed by atoms with Crippen molar-refractivity contribution in [2.75, 3.05) is 26.2 Å². The molecule has 2 aliphatic rings. The number of pyridine rings is 1. The molecule has 0 radical (unpaired) electrons. The summed E-state index contributed by atoms with van der Waals surface area (Å²) in [7, 11) is 0. The van der Waals surface area contributed by atoms with Gasteiger partial charge in [0.1, 0.15) is 0 Å². The summed E-state index contributed by atoms with van der Waals surface area (Å²) < 4.78 is 0. The highest BCUT2D eigenvalue weighted by atomic mass is 16.2. The summed E-state index contributed by atoms with van der Waals surface area (Å²) in [6.07, 6.45) is 8.06. The van der Waals surface area contributed by atoms with Crippen molar-refractivity contribution in [3.63, 3.8) is 0 Å². The van der Waals surface area contributed by atoms with E-state index in [-0.39, 0.29) is 17.4 Å². The smallest absolute Gasteiger partial charge is 0.317 e. The van der Waals surface area contributed by atoms with Crippen molar-refractivity contribution in [1.29, 1.82) is 0 Å². The standard InChI is InChI=1S/C19H28N4O2/c1-2-9-21-18(25)22-11-4-7-19(14-22)8-6-17(24)23(15-19)13-16-5-3-10-20-12-16/h3,5,10,12H,2,4,6-9,11,13-15H2,1H3,(H,21,25)/t19-/m0/s1. The molecule has 3 amide bonds. The predicted molar refractivity (Wildman–Crippen MR) is 95.8 cm³/mol. The normalized spacial score (nSPS) is 23.8. The lowest BCUT2D eigenvalue weighted by Gasteiger charge is -2.48. The number of hydrogen-bond donors (Lipinski definition) is 1. The van der Waals surface area contributed by atoms with E-state index in [1.807, 2.05) is 28.1 Å². The Kier molecular flexibility index (Phi) is 5.56. The first-order valence-electron chi connectivity index (χ1n) is 9.31. The summed E-state index contributed by atoms with van der Waals surface area (Å²) in [6, 6.07) is 3.95. The van der Waals surface area contributed by atoms with Crippen molar-refractivity contribution < 1.29 is 9.59 Å². The molecule has 1 N–H and O–H groups in total. The minimum Gasteiger partial charge on any atom is -0.338 e. The number of nitrogens with one attached hydrogen (secondary N) is 1. The minimum atomic E-state index is 0.0386. The Morgan fingerprint density at radius 1 is 1.36 bits per heavy atom. The summed E-state index contributed by atoms with van der Waals surface area (Å²) in [5.74, 6) is 0.210. The van der Waals surface area contributed by atoms with Crippen molar-refractivity contribution in [3.8, 4) is 0 Å². The average molecular weight is 344 g/mol. The predicted octanol–water partition coefficient (Wildman–Crippen LogP) is 2.41. The van der Waals surface area contributed by atoms with E-state index in [1.165, 1.54) is 0 Å². The van der Waals surface area contributed by atoms with Crippen LogP contribution in [0.3, 0.4) is 0 Å². The molecule has 1 atom stereocenters. The van der Waals surface area contributed by atoms with Gasteiger partial charge in [-0.15, -0.1) is 0 Å². The van der Waals surface area contributed by atoms with Crippen molar-refractivity contribution in [1.82, 2.24) is 20.1 Å². The molecule has 0 saturated carbocycles. The third-order valence-electron chi connectivity index (χ3n) is 5.32. The molecule has 1 aromatic rings. The molecule has 25 heavy (non-hydrogen) atoms. The lowest BCUT2D eigenvalue weighted by Crippen LogP contribution is -2.56. The molecular weight excluding hydrogens is 316 g/mol. The van der Waals surface area contributed by atoms with Crippen LogP contribution in [-0.4, -0.2) is 52.9 Å². The monoisotopic (exact) mass is 344 g/mol. The van der Waals surface area contributed by atoms with E-state index in [1.54, 1.807) is 6.20 Å². The highest BCUT2D eigenvalue weighted by molar-refractivity contribution is 5.77. The topological polar surface area (TPSA) is 65.5 Å². The molecular formula is C19H28N4O2. The van der Waals surface area contributed by atoms with Crippen LogP contribution >= 0.6 is 0 Å². The number of likely N-dealkylation sites (tertiary alicyclic amines) is 2. The number of carbonyl (C=O) groups is 2. The molecule has 1 spiro atoms. The zero-order valence-corrected chi connectivity index (χ0v) is 15.0. The van der Waals surface area contributed by atoms with Gasteiger partial charge in [0.25, 0.3) is 0 Å². The molecule has 6 nitrogen and oxygen atoms in total. The van der Waals surface area contributed by atoms with Gasteiger partial charge in [-0.25, -0.2) is 4.79 Å². The molecule has 0 unspecified atom stereocenters. The summed E-state index contributed by atoms with van der Waals surface area (Å²) in [4.78, 5) is 32.8. The molecule has 0 aromatic carbocycles. The maximum atomic E-state index is 12.4. The van der Waals surface area contributed by atoms with E-state index >= 15 is 0 Å². The number of nitrogens with zero attached hydrogens (tertiary/aromatic N) is 3. The summed E-state index contributed by atoms with van der Waals surface area (Å²) >= 11 is 0. The number of rotatable bonds is 4. The summed E-state index contributed by atoms with van der Waals surface area (Å²) in [5, 5.41) is 2.98. The molecule has 3 rings (SSSR count). The van der Waals surface area contributed by atoms with E-state index < -0.39 is 0 Å². The van der Waals surface area contributed by atoms with Gasteiger partial charge in [-0.3, -0.25) is 9.78 Å². The fourth-order valence-electron chi connectivity index (χ4n) is 4.02. The van der Waals surface area contributed by atoms with Gasteiger partial charge in [0.15, 0.2) is 0 Å². The van der Waals surface area contributed by atoms with Gasteiger partial charge in [-0.1, -0.05) is 13.0 Å². The van der Waals surface area contributed by atoms with Gasteiger partial charge in [0.2, 0.25) is 5.91 Å². The number of urea groups is 1. The third kappa shape index (κ3) is 4.30. The summed E-state index contributed by atoms with van der Waals surface area (Å²) in [5.41, 5.74) is 1.10. The van der Waals surface area contributed by atoms with Crippen molar-refractivity contribution in [3.05, 3.63) is 30.1 Å². The molecule has 2 fully saturated rings. The maximum Gasteiger partial charge on any atom is 0.317 e. The Balaban J connectivity index is 1.66. The van der Waals surface area contributed by atoms with E-state index in [0.717, 1.165) is 50.9 Å². The van der Waals surface area contributed by atoms with E-state index in [4.69, 9.17) is 0 Å². The van der Waals surface area contributed by atoms with Crippen LogP contribution in [0.2, 0.25) is 0 Å². The molecule has 136 valence electrons. The van der Waals surface area contributed by atoms with Crippen molar-refractivity contribution in [2.45, 2.75) is 45.6 Å². The first kappa shape index (κ1) is 17.7. The second kappa shape index (κ2) is 7.85. The first-order chi connectivity index (χ1) is 12.1. The lowest BCUT2D eigenvalue weighted by atomic mass is 9.73. The molecule has 2 saturated heterocycles. The highest BCUT2D eigenvalue weighted by Crippen LogP contribution is 2.39. The first-order valence-corrected chi connectivity index (χ1v) is 9.31. The van der Waals surface area contributed by atoms with Gasteiger partial charge in [-0.2, -0.15) is 0 Å². The largest absolute Gasteiger partial charge is 0.338 e. The Labute approximate surface area is 149 Å². The van der Waals surface area contributed by atoms with Crippen LogP contribution in [0.1, 0.15) is 44.6 Å². The Morgan fingerprint density at radius 2 is 2.24 bits per heavy atom. The van der Waals surface area contributed by atoms with Crippen LogP contribution in [0, 0.1) is 5.41 Å². The fraction of sp³-hybridized carbons (Fsp3) is 0.632. The van der Waals surface area contributed by atoms with E-state index in [0.29, 0.717) is 19.5 Å². The lowest BCUT2D eigenvalue weighted by molar-refractivity contribution is -0.139. The molecule has 6 heteroatoms. The van der Waals surface area contributed by atoms with Crippen LogP contribution in [0.15, 0.2) is 24.5 Å². The summed E-state index contributed by atoms with van der Waals surface area (Å²) in [6.45, 7) is 5.68. The van der Waals surface area contributed by atoms with Crippen LogP contribution in [0.25, 0.3) is 0 Å². The average Bonchev–Trinajstić information content (AvgIpc) is 2.64. The van der Waals surface area contributed by atoms with Crippen molar-refractivity contribution in [2.24, 2.45) is 5.41 Å². The number of aromatic nitrogens is 1. The highest BCUT2D eigenvalue weighted by Gasteiger charge is 2.42. The third-order valence-corrected chi connectivity index (χ3v) is 5.32. The van der Waals surface area contributed by atoms with Gasteiger partial charge in [0.05, 0.1) is 0 Å². The number of amides is 3. The van der Waals surface area contributed by atoms with Gasteiger partial charge >= 0.3 is 6.03 Å². The van der Waals surface area contributed by atoms with Crippen LogP contribution in [0.5, 0.6) is 0 Å². The van der Waals surface area contributed by atoms with Crippen LogP contribution in [0.4, 0.5) is 4.79 Å². The van der Waals surface area contributed by atoms with Gasteiger partial charge in [0, 0.05) is 57.0 Å². The SMILES string of the molecule is CCCNC(=O)N1CCC[C@]2(CCC(=O)N(Cc3cccnc3)C2)C1. The Morgan fingerprint density at radius 3 is 3.00 bits per heavy atom. The molecule has 1 aromatic heterocycles. The zero-order valence-electron chi connectivity index (χ0n) is 15.0. The molecule has 0 aliphatic carbocycles. The number of hydrogen-bond acceptors (Lipinski definition) is 3. The Bertz CT molecular complexity index is 607. The zero-order chi connectivity index (χ0) is 17.7. The molecule has 3 heterocycles. The maximum absolute atomic E-state index is 12.4.